The number of thioether (sulfide) groups is 1. The third-order valence-corrected chi connectivity index (χ3v) is 6.64. The zero-order chi connectivity index (χ0) is 14.8. The van der Waals surface area contributed by atoms with E-state index < -0.39 is 10.0 Å². The maximum Gasteiger partial charge on any atom is 0.240 e. The number of aryl methyl sites for hydroxylation is 1. The summed E-state index contributed by atoms with van der Waals surface area (Å²) in [7, 11) is -1.56. The monoisotopic (exact) mass is 314 g/mol. The van der Waals surface area contributed by atoms with E-state index in [0.717, 1.165) is 24.0 Å². The molecule has 0 radical (unpaired) electrons. The number of nitrogens with one attached hydrogen (secondary N) is 2. The molecule has 0 amide bonds. The Morgan fingerprint density at radius 2 is 2.05 bits per heavy atom. The van der Waals surface area contributed by atoms with Crippen molar-refractivity contribution in [3.63, 3.8) is 0 Å². The second-order valence-electron chi connectivity index (χ2n) is 5.33. The molecule has 1 saturated carbocycles. The Labute approximate surface area is 125 Å². The summed E-state index contributed by atoms with van der Waals surface area (Å²) < 4.78 is 27.6. The molecule has 0 aliphatic heterocycles. The summed E-state index contributed by atoms with van der Waals surface area (Å²) in [6.07, 6.45) is 4.23. The fraction of sp³-hybridized carbons (Fsp3) is 0.571. The molecule has 1 aromatic rings. The third-order valence-electron chi connectivity index (χ3n) is 3.82. The molecular formula is C14H22N2O2S2. The maximum atomic E-state index is 12.3. The molecule has 2 rings (SSSR count). The lowest BCUT2D eigenvalue weighted by Crippen LogP contribution is -2.31. The molecule has 4 nitrogen and oxygen atoms in total. The summed E-state index contributed by atoms with van der Waals surface area (Å²) in [6, 6.07) is 5.30. The first-order valence-corrected chi connectivity index (χ1v) is 9.42. The number of rotatable bonds is 7. The average Bonchev–Trinajstić information content (AvgIpc) is 3.20. The molecule has 0 bridgehead atoms. The molecule has 1 aromatic carbocycles. The lowest BCUT2D eigenvalue weighted by molar-refractivity contribution is 0.579. The van der Waals surface area contributed by atoms with Crippen molar-refractivity contribution < 1.29 is 8.42 Å². The van der Waals surface area contributed by atoms with Crippen molar-refractivity contribution in [2.75, 3.05) is 19.8 Å². The molecule has 0 heterocycles. The number of benzene rings is 1. The number of hydrogen-bond donors (Lipinski definition) is 2. The van der Waals surface area contributed by atoms with E-state index in [-0.39, 0.29) is 4.75 Å². The van der Waals surface area contributed by atoms with E-state index in [2.05, 4.69) is 10.0 Å². The topological polar surface area (TPSA) is 58.2 Å². The minimum Gasteiger partial charge on any atom is -0.316 e. The van der Waals surface area contributed by atoms with E-state index in [1.165, 1.54) is 0 Å². The van der Waals surface area contributed by atoms with Crippen LogP contribution < -0.4 is 10.0 Å². The smallest absolute Gasteiger partial charge is 0.240 e. The zero-order valence-corrected chi connectivity index (χ0v) is 13.8. The third kappa shape index (κ3) is 3.55. The van der Waals surface area contributed by atoms with Crippen LogP contribution in [0.2, 0.25) is 0 Å². The lowest BCUT2D eigenvalue weighted by atomic mass is 10.1. The quantitative estimate of drug-likeness (QED) is 0.807. The van der Waals surface area contributed by atoms with E-state index >= 15 is 0 Å². The van der Waals surface area contributed by atoms with Crippen molar-refractivity contribution in [2.24, 2.45) is 0 Å². The van der Waals surface area contributed by atoms with Crippen LogP contribution in [0.1, 0.15) is 24.0 Å². The van der Waals surface area contributed by atoms with Gasteiger partial charge in [-0.2, -0.15) is 11.8 Å². The van der Waals surface area contributed by atoms with Crippen LogP contribution in [-0.4, -0.2) is 33.0 Å². The highest BCUT2D eigenvalue weighted by atomic mass is 32.2. The second-order valence-corrected chi connectivity index (χ2v) is 8.37. The molecule has 112 valence electrons. The van der Waals surface area contributed by atoms with Gasteiger partial charge in [0.2, 0.25) is 10.0 Å². The van der Waals surface area contributed by atoms with Crippen LogP contribution >= 0.6 is 11.8 Å². The van der Waals surface area contributed by atoms with Crippen molar-refractivity contribution in [1.82, 2.24) is 10.0 Å². The summed E-state index contributed by atoms with van der Waals surface area (Å²) in [5, 5.41) is 3.06. The van der Waals surface area contributed by atoms with E-state index in [4.69, 9.17) is 0 Å². The molecule has 1 fully saturated rings. The molecule has 0 unspecified atom stereocenters. The fourth-order valence-corrected chi connectivity index (χ4v) is 4.09. The van der Waals surface area contributed by atoms with E-state index in [9.17, 15) is 8.42 Å². The van der Waals surface area contributed by atoms with Gasteiger partial charge in [-0.05, 0) is 56.3 Å². The van der Waals surface area contributed by atoms with Crippen LogP contribution in [0.3, 0.4) is 0 Å². The second kappa shape index (κ2) is 6.05. The van der Waals surface area contributed by atoms with Crippen LogP contribution in [0.15, 0.2) is 23.1 Å². The minimum atomic E-state index is -3.41. The van der Waals surface area contributed by atoms with Crippen LogP contribution in [0.25, 0.3) is 0 Å². The predicted molar refractivity (Wildman–Crippen MR) is 84.6 cm³/mol. The summed E-state index contributed by atoms with van der Waals surface area (Å²) >= 11 is 1.75. The van der Waals surface area contributed by atoms with Crippen molar-refractivity contribution in [1.29, 1.82) is 0 Å². The number of hydrogen-bond acceptors (Lipinski definition) is 4. The molecule has 0 aromatic heterocycles. The van der Waals surface area contributed by atoms with Crippen LogP contribution in [-0.2, 0) is 16.6 Å². The molecule has 20 heavy (non-hydrogen) atoms. The van der Waals surface area contributed by atoms with Gasteiger partial charge >= 0.3 is 0 Å². The Morgan fingerprint density at radius 3 is 2.60 bits per heavy atom. The Balaban J connectivity index is 2.14. The van der Waals surface area contributed by atoms with Gasteiger partial charge in [0, 0.05) is 17.8 Å². The Hall–Kier alpha value is -0.560. The van der Waals surface area contributed by atoms with Gasteiger partial charge in [0.15, 0.2) is 0 Å². The van der Waals surface area contributed by atoms with Gasteiger partial charge in [-0.1, -0.05) is 6.07 Å². The summed E-state index contributed by atoms with van der Waals surface area (Å²) in [4.78, 5) is 0.352. The maximum absolute atomic E-state index is 12.3. The fourth-order valence-electron chi connectivity index (χ4n) is 2.10. The van der Waals surface area contributed by atoms with Crippen molar-refractivity contribution in [3.05, 3.63) is 29.3 Å². The normalized spacial score (nSPS) is 17.1. The van der Waals surface area contributed by atoms with Crippen molar-refractivity contribution in [2.45, 2.75) is 36.0 Å². The zero-order valence-electron chi connectivity index (χ0n) is 12.2. The van der Waals surface area contributed by atoms with Gasteiger partial charge in [-0.3, -0.25) is 0 Å². The van der Waals surface area contributed by atoms with E-state index in [1.54, 1.807) is 23.9 Å². The first kappa shape index (κ1) is 15.8. The van der Waals surface area contributed by atoms with Gasteiger partial charge < -0.3 is 5.32 Å². The molecule has 0 spiro atoms. The SMILES string of the molecule is CNCc1cc(S(=O)(=O)NCC2(SC)CC2)ccc1C. The first-order chi connectivity index (χ1) is 9.42. The summed E-state index contributed by atoms with van der Waals surface area (Å²) in [5.41, 5.74) is 2.11. The number of sulfonamides is 1. The minimum absolute atomic E-state index is 0.131. The van der Waals surface area contributed by atoms with Crippen LogP contribution in [0.4, 0.5) is 0 Å². The predicted octanol–water partition coefficient (Wildman–Crippen LogP) is 1.89. The van der Waals surface area contributed by atoms with Gasteiger partial charge in [-0.15, -0.1) is 0 Å². The Kier molecular flexibility index (Phi) is 4.79. The van der Waals surface area contributed by atoms with Gasteiger partial charge in [0.25, 0.3) is 0 Å². The van der Waals surface area contributed by atoms with E-state index in [1.807, 2.05) is 26.3 Å². The van der Waals surface area contributed by atoms with Crippen LogP contribution in [0, 0.1) is 6.92 Å². The standard InChI is InChI=1S/C14H22N2O2S2/c1-11-4-5-13(8-12(11)9-15-2)20(17,18)16-10-14(19-3)6-7-14/h4-5,8,15-16H,6-7,9-10H2,1-3H3. The van der Waals surface area contributed by atoms with Gasteiger partial charge in [-0.25, -0.2) is 13.1 Å². The first-order valence-electron chi connectivity index (χ1n) is 6.71. The van der Waals surface area contributed by atoms with E-state index in [0.29, 0.717) is 18.0 Å². The average molecular weight is 314 g/mol. The van der Waals surface area contributed by atoms with Gasteiger partial charge in [0.1, 0.15) is 0 Å². The molecule has 0 atom stereocenters. The molecule has 1 aliphatic carbocycles. The largest absolute Gasteiger partial charge is 0.316 e. The summed E-state index contributed by atoms with van der Waals surface area (Å²) in [5.74, 6) is 0. The Bertz CT molecular complexity index is 581. The van der Waals surface area contributed by atoms with Crippen molar-refractivity contribution in [3.8, 4) is 0 Å². The highest BCUT2D eigenvalue weighted by molar-refractivity contribution is 8.00. The molecule has 2 N–H and O–H groups in total. The molecule has 6 heteroatoms. The van der Waals surface area contributed by atoms with Gasteiger partial charge in [0.05, 0.1) is 4.90 Å². The molecule has 1 aliphatic rings. The highest BCUT2D eigenvalue weighted by Crippen LogP contribution is 2.46. The summed E-state index contributed by atoms with van der Waals surface area (Å²) in [6.45, 7) is 3.18. The van der Waals surface area contributed by atoms with Crippen molar-refractivity contribution >= 4 is 21.8 Å². The molecule has 0 saturated heterocycles. The van der Waals surface area contributed by atoms with Crippen LogP contribution in [0.5, 0.6) is 0 Å². The Morgan fingerprint density at radius 1 is 1.35 bits per heavy atom. The lowest BCUT2D eigenvalue weighted by Gasteiger charge is -2.14. The molecular weight excluding hydrogens is 292 g/mol. The highest BCUT2D eigenvalue weighted by Gasteiger charge is 2.42.